The van der Waals surface area contributed by atoms with Crippen LogP contribution in [-0.2, 0) is 0 Å². The van der Waals surface area contributed by atoms with Crippen molar-refractivity contribution in [2.75, 3.05) is 0 Å². The first-order valence-corrected chi connectivity index (χ1v) is 7.43. The van der Waals surface area contributed by atoms with E-state index in [2.05, 4.69) is 19.1 Å². The highest BCUT2D eigenvalue weighted by atomic mass is 16.3. The van der Waals surface area contributed by atoms with Crippen molar-refractivity contribution in [1.82, 2.24) is 0 Å². The van der Waals surface area contributed by atoms with Gasteiger partial charge >= 0.3 is 0 Å². The molecule has 0 saturated heterocycles. The van der Waals surface area contributed by atoms with Gasteiger partial charge in [-0.15, -0.1) is 0 Å². The molecule has 1 aliphatic rings. The van der Waals surface area contributed by atoms with Crippen molar-refractivity contribution in [3.05, 3.63) is 24.3 Å². The van der Waals surface area contributed by atoms with Crippen LogP contribution in [0.5, 0.6) is 0 Å². The molecule has 19 heavy (non-hydrogen) atoms. The van der Waals surface area contributed by atoms with Crippen LogP contribution in [0.4, 0.5) is 0 Å². The van der Waals surface area contributed by atoms with Crippen LogP contribution in [0, 0.1) is 11.8 Å². The highest BCUT2D eigenvalue weighted by Gasteiger charge is 2.39. The lowest BCUT2D eigenvalue weighted by Crippen LogP contribution is -2.20. The van der Waals surface area contributed by atoms with Crippen LogP contribution >= 0.6 is 0 Å². The number of aliphatic hydroxyl groups excluding tert-OH is 3. The second kappa shape index (κ2) is 8.57. The lowest BCUT2D eigenvalue weighted by Gasteiger charge is -2.19. The smallest absolute Gasteiger partial charge is 0.143 e. The molecule has 1 fully saturated rings. The van der Waals surface area contributed by atoms with Gasteiger partial charge in [-0.1, -0.05) is 44.1 Å². The first-order chi connectivity index (χ1) is 9.06. The molecular weight excluding hydrogens is 239 g/mol. The molecule has 0 aromatic carbocycles. The van der Waals surface area contributed by atoms with Gasteiger partial charge in [0.15, 0.2) is 0 Å². The Morgan fingerprint density at radius 2 is 2.00 bits per heavy atom. The van der Waals surface area contributed by atoms with Gasteiger partial charge in [0.2, 0.25) is 0 Å². The molecule has 0 spiro atoms. The predicted molar refractivity (Wildman–Crippen MR) is 80.6 cm³/mol. The minimum atomic E-state index is -0.509. The van der Waals surface area contributed by atoms with Gasteiger partial charge in [-0.25, -0.2) is 0 Å². The Hall–Kier alpha value is -0.575. The zero-order chi connectivity index (χ0) is 14.3. The summed E-state index contributed by atoms with van der Waals surface area (Å²) in [6.45, 7) is 2.17. The minimum Gasteiger partial charge on any atom is -0.398 e. The van der Waals surface area contributed by atoms with Gasteiger partial charge in [0.25, 0.3) is 0 Å². The zero-order valence-electron chi connectivity index (χ0n) is 12.1. The second-order valence-electron chi connectivity index (χ2n) is 5.59. The maximum atomic E-state index is 10.0. The van der Waals surface area contributed by atoms with Crippen molar-refractivity contribution in [1.29, 1.82) is 0 Å². The van der Waals surface area contributed by atoms with E-state index in [9.17, 15) is 15.3 Å². The topological polar surface area (TPSA) is 60.7 Å². The highest BCUT2D eigenvalue weighted by molar-refractivity contribution is 6.12. The van der Waals surface area contributed by atoms with E-state index in [-0.39, 0.29) is 11.8 Å². The van der Waals surface area contributed by atoms with Gasteiger partial charge < -0.3 is 15.3 Å². The molecule has 0 aromatic heterocycles. The van der Waals surface area contributed by atoms with Gasteiger partial charge in [-0.3, -0.25) is 0 Å². The number of unbranched alkanes of at least 4 members (excludes halogenated alkanes) is 2. The summed E-state index contributed by atoms with van der Waals surface area (Å²) in [5.41, 5.74) is 0. The quantitative estimate of drug-likeness (QED) is 0.366. The SMILES string of the molecule is BC(O)/C=C/[C@H]1[C@H](O)CC(O)[C@@H]1C/C=C\CCCC. The van der Waals surface area contributed by atoms with Crippen molar-refractivity contribution in [2.45, 2.75) is 57.2 Å². The fraction of sp³-hybridized carbons (Fsp3) is 0.733. The van der Waals surface area contributed by atoms with E-state index in [0.29, 0.717) is 6.42 Å². The Morgan fingerprint density at radius 1 is 1.26 bits per heavy atom. The molecule has 0 aliphatic heterocycles. The molecule has 3 N–H and O–H groups in total. The second-order valence-corrected chi connectivity index (χ2v) is 5.59. The van der Waals surface area contributed by atoms with Crippen molar-refractivity contribution < 1.29 is 15.3 Å². The molecule has 0 aromatic rings. The molecule has 5 atom stereocenters. The summed E-state index contributed by atoms with van der Waals surface area (Å²) in [4.78, 5) is 0. The largest absolute Gasteiger partial charge is 0.398 e. The van der Waals surface area contributed by atoms with E-state index in [1.165, 1.54) is 12.8 Å². The predicted octanol–water partition coefficient (Wildman–Crippen LogP) is 0.988. The molecule has 1 saturated carbocycles. The molecule has 3 nitrogen and oxygen atoms in total. The van der Waals surface area contributed by atoms with Crippen molar-refractivity contribution >= 4 is 7.85 Å². The fourth-order valence-corrected chi connectivity index (χ4v) is 2.69. The molecule has 1 rings (SSSR count). The number of aliphatic hydroxyl groups is 3. The molecule has 0 radical (unpaired) electrons. The van der Waals surface area contributed by atoms with E-state index in [1.54, 1.807) is 13.9 Å². The van der Waals surface area contributed by atoms with Crippen molar-refractivity contribution in [3.63, 3.8) is 0 Å². The van der Waals surface area contributed by atoms with Crippen molar-refractivity contribution in [2.24, 2.45) is 11.8 Å². The van der Waals surface area contributed by atoms with Crippen LogP contribution in [0.3, 0.4) is 0 Å². The Kier molecular flexibility index (Phi) is 7.43. The average molecular weight is 266 g/mol. The maximum absolute atomic E-state index is 10.0. The van der Waals surface area contributed by atoms with Gasteiger partial charge in [-0.05, 0) is 18.8 Å². The van der Waals surface area contributed by atoms with E-state index >= 15 is 0 Å². The number of rotatable bonds is 7. The van der Waals surface area contributed by atoms with Gasteiger partial charge in [-0.2, -0.15) is 0 Å². The Labute approximate surface area is 117 Å². The first-order valence-electron chi connectivity index (χ1n) is 7.43. The van der Waals surface area contributed by atoms with Crippen LogP contribution < -0.4 is 0 Å². The first kappa shape index (κ1) is 16.5. The fourth-order valence-electron chi connectivity index (χ4n) is 2.69. The van der Waals surface area contributed by atoms with Crippen LogP contribution in [0.25, 0.3) is 0 Å². The third kappa shape index (κ3) is 5.51. The lowest BCUT2D eigenvalue weighted by atomic mass is 9.88. The standard InChI is InChI=1S/C15H27BO3/c1-2-3-4-5-6-7-11-12(8-9-15(16)19)14(18)10-13(11)17/h5-6,8-9,11-15,17-19H,2-4,7,10,16H2,1H3/b6-5-,9-8+/t11-,12-,13?,14-,15?/m1/s1. The van der Waals surface area contributed by atoms with Crippen LogP contribution in [0.1, 0.15) is 39.0 Å². The normalized spacial score (nSPS) is 33.5. The summed E-state index contributed by atoms with van der Waals surface area (Å²) >= 11 is 0. The molecule has 0 heterocycles. The summed E-state index contributed by atoms with van der Waals surface area (Å²) in [7, 11) is 1.69. The van der Waals surface area contributed by atoms with Crippen LogP contribution in [0.2, 0.25) is 0 Å². The number of allylic oxidation sites excluding steroid dienone is 2. The monoisotopic (exact) mass is 266 g/mol. The maximum Gasteiger partial charge on any atom is 0.143 e. The summed E-state index contributed by atoms with van der Waals surface area (Å²) in [6, 6.07) is -0.509. The summed E-state index contributed by atoms with van der Waals surface area (Å²) in [5, 5.41) is 29.3. The number of hydrogen-bond acceptors (Lipinski definition) is 3. The summed E-state index contributed by atoms with van der Waals surface area (Å²) < 4.78 is 0. The molecule has 2 unspecified atom stereocenters. The third-order valence-electron chi connectivity index (χ3n) is 3.83. The zero-order valence-corrected chi connectivity index (χ0v) is 12.1. The van der Waals surface area contributed by atoms with Gasteiger partial charge in [0, 0.05) is 18.3 Å². The van der Waals surface area contributed by atoms with E-state index in [0.717, 1.165) is 12.8 Å². The summed E-state index contributed by atoms with van der Waals surface area (Å²) in [6.07, 6.45) is 11.6. The molecule has 0 amide bonds. The lowest BCUT2D eigenvalue weighted by molar-refractivity contribution is 0.120. The molecular formula is C15H27BO3. The minimum absolute atomic E-state index is 0.0552. The van der Waals surface area contributed by atoms with Crippen LogP contribution in [-0.4, -0.2) is 41.4 Å². The molecule has 108 valence electrons. The van der Waals surface area contributed by atoms with E-state index < -0.39 is 18.2 Å². The van der Waals surface area contributed by atoms with Crippen molar-refractivity contribution in [3.8, 4) is 0 Å². The Bertz CT molecular complexity index is 302. The molecule has 0 bridgehead atoms. The molecule has 1 aliphatic carbocycles. The Balaban J connectivity index is 2.54. The Morgan fingerprint density at radius 3 is 2.63 bits per heavy atom. The summed E-state index contributed by atoms with van der Waals surface area (Å²) in [5.74, 6) is 0.00306. The number of hydrogen-bond donors (Lipinski definition) is 3. The van der Waals surface area contributed by atoms with Gasteiger partial charge in [0.05, 0.1) is 12.2 Å². The average Bonchev–Trinajstić information content (AvgIpc) is 2.61. The van der Waals surface area contributed by atoms with Gasteiger partial charge in [0.1, 0.15) is 7.85 Å². The third-order valence-corrected chi connectivity index (χ3v) is 3.83. The highest BCUT2D eigenvalue weighted by Crippen LogP contribution is 2.36. The van der Waals surface area contributed by atoms with Crippen LogP contribution in [0.15, 0.2) is 24.3 Å². The molecule has 4 heteroatoms. The van der Waals surface area contributed by atoms with E-state index in [1.807, 2.05) is 6.08 Å². The van der Waals surface area contributed by atoms with E-state index in [4.69, 9.17) is 0 Å².